The van der Waals surface area contributed by atoms with Crippen LogP contribution in [-0.4, -0.2) is 15.5 Å². The van der Waals surface area contributed by atoms with E-state index in [1.807, 2.05) is 33.8 Å². The highest BCUT2D eigenvalue weighted by Crippen LogP contribution is 2.29. The molecule has 1 atom stereocenters. The number of hydrogen-bond acceptors (Lipinski definition) is 4. The van der Waals surface area contributed by atoms with Crippen molar-refractivity contribution < 1.29 is 9.53 Å². The maximum absolute atomic E-state index is 13.1. The van der Waals surface area contributed by atoms with Crippen molar-refractivity contribution in [1.82, 2.24) is 14.9 Å². The molecule has 1 aromatic rings. The molecule has 1 aromatic heterocycles. The van der Waals surface area contributed by atoms with Gasteiger partial charge in [-0.2, -0.15) is 4.98 Å². The van der Waals surface area contributed by atoms with Crippen molar-refractivity contribution in [2.45, 2.75) is 33.7 Å². The molecule has 0 aromatic carbocycles. The van der Waals surface area contributed by atoms with E-state index in [1.165, 1.54) is 10.8 Å². The fourth-order valence-electron chi connectivity index (χ4n) is 2.94. The van der Waals surface area contributed by atoms with Crippen LogP contribution in [0.15, 0.2) is 29.3 Å². The minimum atomic E-state index is -0.598. The number of rotatable bonds is 2. The number of ether oxygens (including phenoxy) is 1. The summed E-state index contributed by atoms with van der Waals surface area (Å²) in [7, 11) is 0. The Hall–Kier alpha value is -2.63. The quantitative estimate of drug-likeness (QED) is 0.906. The first kappa shape index (κ1) is 16.2. The van der Waals surface area contributed by atoms with Crippen LogP contribution in [-0.2, 0) is 4.79 Å². The van der Waals surface area contributed by atoms with Crippen LogP contribution in [0.25, 0.3) is 11.8 Å². The smallest absolute Gasteiger partial charge is 0.265 e. The third-order valence-corrected chi connectivity index (χ3v) is 3.92. The van der Waals surface area contributed by atoms with E-state index in [-0.39, 0.29) is 29.2 Å². The van der Waals surface area contributed by atoms with Gasteiger partial charge in [-0.25, -0.2) is 0 Å². The summed E-state index contributed by atoms with van der Waals surface area (Å²) < 4.78 is 6.96. The van der Waals surface area contributed by atoms with E-state index in [0.717, 1.165) is 0 Å². The zero-order chi connectivity index (χ0) is 17.4. The molecule has 3 rings (SSSR count). The van der Waals surface area contributed by atoms with Gasteiger partial charge in [-0.3, -0.25) is 14.2 Å². The Kier molecular flexibility index (Phi) is 4.13. The number of carbonyl (C=O) groups is 1. The second-order valence-corrected chi connectivity index (χ2v) is 6.64. The van der Waals surface area contributed by atoms with Crippen LogP contribution < -0.4 is 15.6 Å². The van der Waals surface area contributed by atoms with Gasteiger partial charge in [0.25, 0.3) is 5.56 Å². The lowest BCUT2D eigenvalue weighted by atomic mass is 9.99. The van der Waals surface area contributed by atoms with Gasteiger partial charge in [-0.1, -0.05) is 39.8 Å². The lowest BCUT2D eigenvalue weighted by molar-refractivity contribution is -0.125. The standard InChI is InChI=1S/C18H21N3O3/c1-10(2)9-13-15-20-17-12(7-5-6-8-24-17)18(23)21(15)14(11(3)4)16(22)19-13/h5-11,14H,1-4H3,(H,19,22)/b13-9-/t14-/m0/s1. The van der Waals surface area contributed by atoms with Crippen LogP contribution in [0.4, 0.5) is 0 Å². The summed E-state index contributed by atoms with van der Waals surface area (Å²) in [6.07, 6.45) is 8.46. The molecule has 3 heterocycles. The zero-order valence-corrected chi connectivity index (χ0v) is 14.2. The van der Waals surface area contributed by atoms with Gasteiger partial charge in [0, 0.05) is 0 Å². The largest absolute Gasteiger partial charge is 0.446 e. The highest BCUT2D eigenvalue weighted by molar-refractivity contribution is 5.91. The highest BCUT2D eigenvalue weighted by Gasteiger charge is 2.35. The summed E-state index contributed by atoms with van der Waals surface area (Å²) in [5.74, 6) is 0.653. The summed E-state index contributed by atoms with van der Waals surface area (Å²) in [5, 5.41) is 2.89. The summed E-state index contributed by atoms with van der Waals surface area (Å²) in [6.45, 7) is 7.83. The molecular weight excluding hydrogens is 306 g/mol. The first-order chi connectivity index (χ1) is 11.4. The van der Waals surface area contributed by atoms with Crippen LogP contribution >= 0.6 is 0 Å². The molecule has 2 aliphatic rings. The molecule has 0 radical (unpaired) electrons. The Morgan fingerprint density at radius 1 is 1.25 bits per heavy atom. The predicted octanol–water partition coefficient (Wildman–Crippen LogP) is 2.49. The predicted molar refractivity (Wildman–Crippen MR) is 92.1 cm³/mol. The van der Waals surface area contributed by atoms with Gasteiger partial charge in [0.2, 0.25) is 11.8 Å². The number of aromatic nitrogens is 2. The Morgan fingerprint density at radius 3 is 2.67 bits per heavy atom. The van der Waals surface area contributed by atoms with Gasteiger partial charge in [-0.05, 0) is 24.0 Å². The Labute approximate surface area is 140 Å². The molecule has 2 aliphatic heterocycles. The van der Waals surface area contributed by atoms with E-state index < -0.39 is 6.04 Å². The van der Waals surface area contributed by atoms with Crippen LogP contribution in [0.5, 0.6) is 5.88 Å². The molecule has 0 saturated carbocycles. The van der Waals surface area contributed by atoms with E-state index in [9.17, 15) is 9.59 Å². The van der Waals surface area contributed by atoms with E-state index in [2.05, 4.69) is 10.3 Å². The van der Waals surface area contributed by atoms with Gasteiger partial charge in [0.1, 0.15) is 11.6 Å². The Bertz CT molecular complexity index is 829. The minimum absolute atomic E-state index is 0.0456. The molecule has 0 fully saturated rings. The van der Waals surface area contributed by atoms with E-state index >= 15 is 0 Å². The molecule has 0 spiro atoms. The lowest BCUT2D eigenvalue weighted by Crippen LogP contribution is -2.47. The second kappa shape index (κ2) is 6.11. The van der Waals surface area contributed by atoms with Crippen LogP contribution in [0.3, 0.4) is 0 Å². The van der Waals surface area contributed by atoms with Crippen molar-refractivity contribution in [3.8, 4) is 5.88 Å². The zero-order valence-electron chi connectivity index (χ0n) is 14.2. The summed E-state index contributed by atoms with van der Waals surface area (Å²) in [6, 6.07) is -0.598. The summed E-state index contributed by atoms with van der Waals surface area (Å²) >= 11 is 0. The summed E-state index contributed by atoms with van der Waals surface area (Å²) in [5.41, 5.74) is 0.638. The lowest BCUT2D eigenvalue weighted by Gasteiger charge is -2.31. The minimum Gasteiger partial charge on any atom is -0.446 e. The molecule has 0 saturated heterocycles. The van der Waals surface area contributed by atoms with Gasteiger partial charge < -0.3 is 10.1 Å². The van der Waals surface area contributed by atoms with E-state index in [0.29, 0.717) is 17.1 Å². The van der Waals surface area contributed by atoms with Crippen molar-refractivity contribution >= 4 is 17.7 Å². The SMILES string of the molecule is CC(C)/C=C1\NC(=O)[C@H](C(C)C)n2c1nc1c(c2=O)C=CC=CO1. The number of nitrogens with zero attached hydrogens (tertiary/aromatic N) is 2. The number of fused-ring (bicyclic) bond motifs is 2. The van der Waals surface area contributed by atoms with Crippen LogP contribution in [0.2, 0.25) is 0 Å². The van der Waals surface area contributed by atoms with Crippen molar-refractivity contribution in [3.05, 3.63) is 46.2 Å². The molecule has 24 heavy (non-hydrogen) atoms. The Balaban J connectivity index is 2.33. The van der Waals surface area contributed by atoms with Crippen LogP contribution in [0.1, 0.15) is 45.1 Å². The molecule has 0 unspecified atom stereocenters. The van der Waals surface area contributed by atoms with Crippen molar-refractivity contribution in [2.24, 2.45) is 11.8 Å². The molecule has 0 bridgehead atoms. The monoisotopic (exact) mass is 327 g/mol. The number of carbonyl (C=O) groups excluding carboxylic acids is 1. The molecule has 126 valence electrons. The third kappa shape index (κ3) is 2.68. The Morgan fingerprint density at radius 2 is 2.00 bits per heavy atom. The number of amides is 1. The molecule has 6 nitrogen and oxygen atoms in total. The van der Waals surface area contributed by atoms with Gasteiger partial charge in [0.05, 0.1) is 12.0 Å². The van der Waals surface area contributed by atoms with Gasteiger partial charge in [0.15, 0.2) is 5.82 Å². The molecule has 1 amide bonds. The number of nitrogens with one attached hydrogen (secondary N) is 1. The fourth-order valence-corrected chi connectivity index (χ4v) is 2.94. The fraction of sp³-hybridized carbons (Fsp3) is 0.389. The highest BCUT2D eigenvalue weighted by atomic mass is 16.5. The van der Waals surface area contributed by atoms with E-state index in [4.69, 9.17) is 4.74 Å². The molecule has 1 N–H and O–H groups in total. The molecular formula is C18H21N3O3. The maximum Gasteiger partial charge on any atom is 0.265 e. The third-order valence-electron chi connectivity index (χ3n) is 3.92. The van der Waals surface area contributed by atoms with Gasteiger partial charge in [-0.15, -0.1) is 0 Å². The molecule has 0 aliphatic carbocycles. The average molecular weight is 327 g/mol. The van der Waals surface area contributed by atoms with Crippen molar-refractivity contribution in [2.75, 3.05) is 0 Å². The molecule has 6 heteroatoms. The summed E-state index contributed by atoms with van der Waals surface area (Å²) in [4.78, 5) is 30.2. The first-order valence-corrected chi connectivity index (χ1v) is 8.09. The van der Waals surface area contributed by atoms with Crippen molar-refractivity contribution in [3.63, 3.8) is 0 Å². The average Bonchev–Trinajstić information content (AvgIpc) is 2.73. The first-order valence-electron chi connectivity index (χ1n) is 8.09. The van der Waals surface area contributed by atoms with Crippen molar-refractivity contribution in [1.29, 1.82) is 0 Å². The van der Waals surface area contributed by atoms with Gasteiger partial charge >= 0.3 is 0 Å². The maximum atomic E-state index is 13.1. The number of hydrogen-bond donors (Lipinski definition) is 1. The van der Waals surface area contributed by atoms with Crippen LogP contribution in [0, 0.1) is 11.8 Å². The number of allylic oxidation sites excluding steroid dienone is 3. The van der Waals surface area contributed by atoms with E-state index in [1.54, 1.807) is 18.2 Å². The second-order valence-electron chi connectivity index (χ2n) is 6.64. The normalized spacial score (nSPS) is 20.7. The topological polar surface area (TPSA) is 73.2 Å².